The van der Waals surface area contributed by atoms with E-state index in [9.17, 15) is 10.1 Å². The fourth-order valence-corrected chi connectivity index (χ4v) is 2.14. The van der Waals surface area contributed by atoms with Crippen LogP contribution in [0.25, 0.3) is 5.69 Å². The molecule has 0 amide bonds. The maximum Gasteiger partial charge on any atom is 0.269 e. The molecule has 1 aromatic heterocycles. The quantitative estimate of drug-likeness (QED) is 0.639. The molecule has 7 heteroatoms. The van der Waals surface area contributed by atoms with Crippen LogP contribution in [0.1, 0.15) is 24.6 Å². The van der Waals surface area contributed by atoms with Crippen molar-refractivity contribution < 1.29 is 4.92 Å². The number of nitro groups is 1. The van der Waals surface area contributed by atoms with Crippen molar-refractivity contribution in [2.24, 2.45) is 0 Å². The summed E-state index contributed by atoms with van der Waals surface area (Å²) in [5.74, 6) is 0. The summed E-state index contributed by atoms with van der Waals surface area (Å²) in [4.78, 5) is 10.1. The van der Waals surface area contributed by atoms with Crippen LogP contribution in [0.15, 0.2) is 24.3 Å². The summed E-state index contributed by atoms with van der Waals surface area (Å²) in [6.07, 6.45) is 1.50. The van der Waals surface area contributed by atoms with Crippen LogP contribution >= 0.6 is 11.6 Å². The molecule has 0 bridgehead atoms. The van der Waals surface area contributed by atoms with Crippen molar-refractivity contribution in [3.63, 3.8) is 0 Å². The SMILES string of the molecule is CCCc1nn(-c2ccc([N+](=O)[O-])cc2)c(Cl)c1C#N. The first-order valence-electron chi connectivity index (χ1n) is 6.00. The predicted octanol–water partition coefficient (Wildman–Crippen LogP) is 3.26. The highest BCUT2D eigenvalue weighted by Gasteiger charge is 2.17. The highest BCUT2D eigenvalue weighted by molar-refractivity contribution is 6.31. The van der Waals surface area contributed by atoms with E-state index in [0.29, 0.717) is 23.4 Å². The van der Waals surface area contributed by atoms with Crippen molar-refractivity contribution in [1.29, 1.82) is 5.26 Å². The third kappa shape index (κ3) is 2.49. The molecule has 0 spiro atoms. The molecule has 102 valence electrons. The van der Waals surface area contributed by atoms with E-state index in [1.165, 1.54) is 16.8 Å². The Kier molecular flexibility index (Phi) is 4.01. The van der Waals surface area contributed by atoms with Crippen LogP contribution in [0.5, 0.6) is 0 Å². The Balaban J connectivity index is 2.47. The third-order valence-electron chi connectivity index (χ3n) is 2.81. The van der Waals surface area contributed by atoms with E-state index in [-0.39, 0.29) is 10.8 Å². The van der Waals surface area contributed by atoms with E-state index in [1.54, 1.807) is 12.1 Å². The van der Waals surface area contributed by atoms with E-state index in [2.05, 4.69) is 5.10 Å². The van der Waals surface area contributed by atoms with Gasteiger partial charge in [0.2, 0.25) is 0 Å². The summed E-state index contributed by atoms with van der Waals surface area (Å²) < 4.78 is 1.43. The zero-order valence-electron chi connectivity index (χ0n) is 10.7. The predicted molar refractivity (Wildman–Crippen MR) is 73.9 cm³/mol. The number of non-ortho nitro benzene ring substituents is 1. The standard InChI is InChI=1S/C13H11ClN4O2/c1-2-3-12-11(8-15)13(14)17(16-12)9-4-6-10(7-5-9)18(19)20/h4-7H,2-3H2,1H3. The maximum atomic E-state index is 10.6. The topological polar surface area (TPSA) is 84.8 Å². The van der Waals surface area contributed by atoms with Crippen LogP contribution in [-0.2, 0) is 6.42 Å². The van der Waals surface area contributed by atoms with E-state index >= 15 is 0 Å². The highest BCUT2D eigenvalue weighted by atomic mass is 35.5. The Bertz CT molecular complexity index is 686. The van der Waals surface area contributed by atoms with Gasteiger partial charge in [-0.3, -0.25) is 10.1 Å². The summed E-state index contributed by atoms with van der Waals surface area (Å²) in [5, 5.41) is 24.3. The number of hydrogen-bond donors (Lipinski definition) is 0. The number of halogens is 1. The molecule has 1 aromatic carbocycles. The molecular weight excluding hydrogens is 280 g/mol. The summed E-state index contributed by atoms with van der Waals surface area (Å²) in [6.45, 7) is 1.99. The molecule has 0 aliphatic carbocycles. The van der Waals surface area contributed by atoms with Gasteiger partial charge in [0.15, 0.2) is 5.15 Å². The minimum absolute atomic E-state index is 0.00804. The number of aromatic nitrogens is 2. The molecule has 2 rings (SSSR count). The van der Waals surface area contributed by atoms with E-state index in [1.807, 2.05) is 13.0 Å². The van der Waals surface area contributed by atoms with Gasteiger partial charge in [0.25, 0.3) is 5.69 Å². The molecule has 20 heavy (non-hydrogen) atoms. The van der Waals surface area contributed by atoms with Crippen molar-refractivity contribution in [1.82, 2.24) is 9.78 Å². The molecule has 2 aromatic rings. The highest BCUT2D eigenvalue weighted by Crippen LogP contribution is 2.25. The average molecular weight is 291 g/mol. The Morgan fingerprint density at radius 2 is 2.10 bits per heavy atom. The van der Waals surface area contributed by atoms with E-state index in [4.69, 9.17) is 16.9 Å². The normalized spacial score (nSPS) is 10.2. The summed E-state index contributed by atoms with van der Waals surface area (Å²) >= 11 is 6.15. The first kappa shape index (κ1) is 14.0. The molecule has 0 fully saturated rings. The first-order chi connectivity index (χ1) is 9.58. The van der Waals surface area contributed by atoms with Crippen molar-refractivity contribution >= 4 is 17.3 Å². The van der Waals surface area contributed by atoms with Gasteiger partial charge in [0, 0.05) is 12.1 Å². The lowest BCUT2D eigenvalue weighted by Gasteiger charge is -2.02. The third-order valence-corrected chi connectivity index (χ3v) is 3.15. The molecule has 1 heterocycles. The molecule has 0 atom stereocenters. The lowest BCUT2D eigenvalue weighted by atomic mass is 10.2. The lowest BCUT2D eigenvalue weighted by molar-refractivity contribution is -0.384. The van der Waals surface area contributed by atoms with Gasteiger partial charge in [0.05, 0.1) is 16.3 Å². The van der Waals surface area contributed by atoms with Gasteiger partial charge in [-0.05, 0) is 18.6 Å². The molecule has 6 nitrogen and oxygen atoms in total. The van der Waals surface area contributed by atoms with Crippen LogP contribution in [0.4, 0.5) is 5.69 Å². The molecule has 0 unspecified atom stereocenters. The van der Waals surface area contributed by atoms with Crippen molar-refractivity contribution in [2.75, 3.05) is 0 Å². The number of nitrogens with zero attached hydrogens (tertiary/aromatic N) is 4. The minimum atomic E-state index is -0.475. The monoisotopic (exact) mass is 290 g/mol. The second-order valence-electron chi connectivity index (χ2n) is 4.16. The van der Waals surface area contributed by atoms with Crippen molar-refractivity contribution in [2.45, 2.75) is 19.8 Å². The first-order valence-corrected chi connectivity index (χ1v) is 6.38. The number of nitro benzene ring substituents is 1. The van der Waals surface area contributed by atoms with Crippen LogP contribution in [-0.4, -0.2) is 14.7 Å². The molecule has 0 aliphatic heterocycles. The van der Waals surface area contributed by atoms with Gasteiger partial charge < -0.3 is 0 Å². The fourth-order valence-electron chi connectivity index (χ4n) is 1.85. The number of hydrogen-bond acceptors (Lipinski definition) is 4. The number of nitriles is 1. The molecular formula is C13H11ClN4O2. The zero-order chi connectivity index (χ0) is 14.7. The second kappa shape index (κ2) is 5.72. The molecule has 0 radical (unpaired) electrons. The smallest absolute Gasteiger partial charge is 0.258 e. The van der Waals surface area contributed by atoms with Crippen LogP contribution in [0.2, 0.25) is 5.15 Å². The van der Waals surface area contributed by atoms with Gasteiger partial charge in [-0.1, -0.05) is 24.9 Å². The maximum absolute atomic E-state index is 10.6. The van der Waals surface area contributed by atoms with Crippen LogP contribution < -0.4 is 0 Å². The van der Waals surface area contributed by atoms with Crippen LogP contribution in [0.3, 0.4) is 0 Å². The lowest BCUT2D eigenvalue weighted by Crippen LogP contribution is -1.98. The number of benzene rings is 1. The molecule has 0 saturated carbocycles. The molecule has 0 saturated heterocycles. The van der Waals surface area contributed by atoms with E-state index in [0.717, 1.165) is 6.42 Å². The molecule has 0 N–H and O–H groups in total. The largest absolute Gasteiger partial charge is 0.269 e. The minimum Gasteiger partial charge on any atom is -0.258 e. The van der Waals surface area contributed by atoms with Crippen molar-refractivity contribution in [3.8, 4) is 11.8 Å². The molecule has 0 aliphatic rings. The number of rotatable bonds is 4. The van der Waals surface area contributed by atoms with E-state index < -0.39 is 4.92 Å². The second-order valence-corrected chi connectivity index (χ2v) is 4.52. The zero-order valence-corrected chi connectivity index (χ0v) is 11.5. The Labute approximate surface area is 120 Å². The fraction of sp³-hybridized carbons (Fsp3) is 0.231. The summed E-state index contributed by atoms with van der Waals surface area (Å²) in [5.41, 5.74) is 1.57. The number of aryl methyl sites for hydroxylation is 1. The van der Waals surface area contributed by atoms with Crippen molar-refractivity contribution in [3.05, 3.63) is 50.8 Å². The summed E-state index contributed by atoms with van der Waals surface area (Å²) in [7, 11) is 0. The Hall–Kier alpha value is -2.39. The van der Waals surface area contributed by atoms with Gasteiger partial charge in [-0.25, -0.2) is 4.68 Å². The van der Waals surface area contributed by atoms with Gasteiger partial charge >= 0.3 is 0 Å². The van der Waals surface area contributed by atoms with Gasteiger partial charge in [-0.2, -0.15) is 10.4 Å². The summed E-state index contributed by atoms with van der Waals surface area (Å²) in [6, 6.07) is 7.89. The average Bonchev–Trinajstić information content (AvgIpc) is 2.75. The Morgan fingerprint density at radius 1 is 1.45 bits per heavy atom. The Morgan fingerprint density at radius 3 is 2.60 bits per heavy atom. The van der Waals surface area contributed by atoms with Gasteiger partial charge in [-0.15, -0.1) is 0 Å². The van der Waals surface area contributed by atoms with Crippen LogP contribution in [0, 0.1) is 21.4 Å². The van der Waals surface area contributed by atoms with Gasteiger partial charge in [0.1, 0.15) is 11.6 Å².